The van der Waals surface area contributed by atoms with E-state index in [0.717, 1.165) is 61.3 Å². The molecule has 0 aliphatic rings. The summed E-state index contributed by atoms with van der Waals surface area (Å²) in [7, 11) is 0. The van der Waals surface area contributed by atoms with E-state index in [1.807, 2.05) is 0 Å². The van der Waals surface area contributed by atoms with Gasteiger partial charge < -0.3 is 9.32 Å². The smallest absolute Gasteiger partial charge is 0.145 e. The zero-order chi connectivity index (χ0) is 38.4. The Labute approximate surface area is 337 Å². The summed E-state index contributed by atoms with van der Waals surface area (Å²) < 4.78 is 6.95. The van der Waals surface area contributed by atoms with Gasteiger partial charge in [0.2, 0.25) is 0 Å². The highest BCUT2D eigenvalue weighted by Crippen LogP contribution is 2.50. The number of hydrogen-bond donors (Lipinski definition) is 0. The number of para-hydroxylation sites is 2. The molecule has 0 aliphatic heterocycles. The summed E-state index contributed by atoms with van der Waals surface area (Å²) in [6, 6.07) is 80.6. The molecule has 0 saturated heterocycles. The molecular weight excluding hydrogens is 703 g/mol. The Morgan fingerprint density at radius 3 is 1.57 bits per heavy atom. The van der Waals surface area contributed by atoms with Crippen LogP contribution < -0.4 is 4.90 Å². The lowest BCUT2D eigenvalue weighted by molar-refractivity contribution is 0.670. The fourth-order valence-electron chi connectivity index (χ4n) is 8.85. The standard InChI is InChI=1S/C56H37NO/c1-2-17-38(18-3-1)43-25-8-9-28-46(43)41-23-14-24-42(37-41)57(52-33-12-10-29-49(52)47-31-15-21-39-19-4-6-26-44(39)47)53-36-35-50(48-32-16-22-40-20-5-7-27-45(40)48)56-55(53)51-30-11-13-34-54(51)58-56/h1-37H. The maximum Gasteiger partial charge on any atom is 0.145 e. The average molecular weight is 740 g/mol. The fraction of sp³-hybridized carbons (Fsp3) is 0. The van der Waals surface area contributed by atoms with Crippen LogP contribution in [0, 0.1) is 0 Å². The predicted octanol–water partition coefficient (Wildman–Crippen LogP) is 16.0. The Balaban J connectivity index is 1.21. The summed E-state index contributed by atoms with van der Waals surface area (Å²) in [5, 5.41) is 6.97. The predicted molar refractivity (Wildman–Crippen MR) is 245 cm³/mol. The maximum atomic E-state index is 6.95. The zero-order valence-corrected chi connectivity index (χ0v) is 31.7. The molecule has 11 aromatic rings. The highest BCUT2D eigenvalue weighted by molar-refractivity contribution is 6.19. The lowest BCUT2D eigenvalue weighted by Crippen LogP contribution is -2.12. The van der Waals surface area contributed by atoms with Gasteiger partial charge in [-0.2, -0.15) is 0 Å². The zero-order valence-electron chi connectivity index (χ0n) is 31.7. The van der Waals surface area contributed by atoms with Crippen LogP contribution in [0.1, 0.15) is 0 Å². The van der Waals surface area contributed by atoms with Gasteiger partial charge in [-0.3, -0.25) is 0 Å². The summed E-state index contributed by atoms with van der Waals surface area (Å²) >= 11 is 0. The lowest BCUT2D eigenvalue weighted by Gasteiger charge is -2.29. The molecule has 1 aromatic heterocycles. The number of hydrogen-bond acceptors (Lipinski definition) is 2. The molecule has 0 saturated carbocycles. The van der Waals surface area contributed by atoms with Crippen LogP contribution in [0.4, 0.5) is 17.1 Å². The second-order valence-corrected chi connectivity index (χ2v) is 14.8. The van der Waals surface area contributed by atoms with E-state index < -0.39 is 0 Å². The Hall–Kier alpha value is -7.68. The van der Waals surface area contributed by atoms with Crippen LogP contribution in [-0.4, -0.2) is 0 Å². The molecule has 2 nitrogen and oxygen atoms in total. The molecule has 0 bridgehead atoms. The van der Waals surface area contributed by atoms with Crippen molar-refractivity contribution in [2.45, 2.75) is 0 Å². The van der Waals surface area contributed by atoms with Gasteiger partial charge in [0.1, 0.15) is 11.2 Å². The van der Waals surface area contributed by atoms with Gasteiger partial charge in [0.15, 0.2) is 0 Å². The van der Waals surface area contributed by atoms with Crippen LogP contribution in [0.15, 0.2) is 229 Å². The van der Waals surface area contributed by atoms with E-state index in [1.165, 1.54) is 43.8 Å². The second-order valence-electron chi connectivity index (χ2n) is 14.8. The minimum atomic E-state index is 0.860. The third-order valence-electron chi connectivity index (χ3n) is 11.5. The molecule has 0 aliphatic carbocycles. The van der Waals surface area contributed by atoms with Crippen molar-refractivity contribution in [3.05, 3.63) is 224 Å². The number of furan rings is 1. The van der Waals surface area contributed by atoms with Crippen molar-refractivity contribution in [1.29, 1.82) is 0 Å². The van der Waals surface area contributed by atoms with Crippen molar-refractivity contribution in [3.8, 4) is 44.5 Å². The monoisotopic (exact) mass is 739 g/mol. The topological polar surface area (TPSA) is 16.4 Å². The summed E-state index contributed by atoms with van der Waals surface area (Å²) in [5.41, 5.74) is 14.2. The quantitative estimate of drug-likeness (QED) is 0.162. The molecule has 0 amide bonds. The van der Waals surface area contributed by atoms with Crippen molar-refractivity contribution >= 4 is 60.5 Å². The van der Waals surface area contributed by atoms with Crippen molar-refractivity contribution in [3.63, 3.8) is 0 Å². The Morgan fingerprint density at radius 2 is 0.828 bits per heavy atom. The molecule has 0 atom stereocenters. The summed E-state index contributed by atoms with van der Waals surface area (Å²) in [6.45, 7) is 0. The molecule has 11 rings (SSSR count). The van der Waals surface area contributed by atoms with Gasteiger partial charge in [0.05, 0.1) is 16.8 Å². The van der Waals surface area contributed by atoms with Gasteiger partial charge in [0.25, 0.3) is 0 Å². The molecule has 0 spiro atoms. The van der Waals surface area contributed by atoms with Crippen LogP contribution in [0.3, 0.4) is 0 Å². The molecule has 10 aromatic carbocycles. The fourth-order valence-corrected chi connectivity index (χ4v) is 8.85. The SMILES string of the molecule is c1ccc(-c2ccccc2-c2cccc(N(c3ccccc3-c3cccc4ccccc34)c3ccc(-c4cccc5ccccc45)c4oc5ccccc5c34)c2)cc1. The third-order valence-corrected chi connectivity index (χ3v) is 11.5. The molecule has 0 fully saturated rings. The van der Waals surface area contributed by atoms with Crippen molar-refractivity contribution in [2.24, 2.45) is 0 Å². The molecule has 58 heavy (non-hydrogen) atoms. The molecule has 1 heterocycles. The third kappa shape index (κ3) is 5.66. The number of nitrogens with zero attached hydrogens (tertiary/aromatic N) is 1. The first-order chi connectivity index (χ1) is 28.8. The van der Waals surface area contributed by atoms with Crippen molar-refractivity contribution in [2.75, 3.05) is 4.90 Å². The van der Waals surface area contributed by atoms with Gasteiger partial charge in [-0.15, -0.1) is 0 Å². The second kappa shape index (κ2) is 14.1. The van der Waals surface area contributed by atoms with Crippen LogP contribution in [-0.2, 0) is 0 Å². The lowest BCUT2D eigenvalue weighted by atomic mass is 9.93. The van der Waals surface area contributed by atoms with E-state index in [9.17, 15) is 0 Å². The summed E-state index contributed by atoms with van der Waals surface area (Å²) in [5.74, 6) is 0. The highest BCUT2D eigenvalue weighted by Gasteiger charge is 2.25. The van der Waals surface area contributed by atoms with E-state index in [4.69, 9.17) is 4.42 Å². The molecule has 0 unspecified atom stereocenters. The molecule has 0 N–H and O–H groups in total. The Kier molecular flexibility index (Phi) is 8.19. The van der Waals surface area contributed by atoms with Crippen molar-refractivity contribution < 1.29 is 4.42 Å². The number of rotatable bonds is 7. The minimum Gasteiger partial charge on any atom is -0.455 e. The van der Waals surface area contributed by atoms with E-state index in [0.29, 0.717) is 0 Å². The maximum absolute atomic E-state index is 6.95. The molecule has 272 valence electrons. The van der Waals surface area contributed by atoms with Gasteiger partial charge >= 0.3 is 0 Å². The van der Waals surface area contributed by atoms with Crippen LogP contribution >= 0.6 is 0 Å². The van der Waals surface area contributed by atoms with E-state index in [-0.39, 0.29) is 0 Å². The highest BCUT2D eigenvalue weighted by atomic mass is 16.3. The first-order valence-corrected chi connectivity index (χ1v) is 19.8. The Bertz CT molecular complexity index is 3290. The van der Waals surface area contributed by atoms with Crippen LogP contribution in [0.5, 0.6) is 0 Å². The Morgan fingerprint density at radius 1 is 0.310 bits per heavy atom. The summed E-state index contributed by atoms with van der Waals surface area (Å²) in [6.07, 6.45) is 0. The first kappa shape index (κ1) is 33.6. The first-order valence-electron chi connectivity index (χ1n) is 19.8. The molecule has 2 heteroatoms. The van der Waals surface area contributed by atoms with Crippen molar-refractivity contribution in [1.82, 2.24) is 0 Å². The largest absolute Gasteiger partial charge is 0.455 e. The van der Waals surface area contributed by atoms with E-state index in [2.05, 4.69) is 229 Å². The van der Waals surface area contributed by atoms with E-state index in [1.54, 1.807) is 0 Å². The van der Waals surface area contributed by atoms with Crippen LogP contribution in [0.25, 0.3) is 88.0 Å². The van der Waals surface area contributed by atoms with Gasteiger partial charge in [0, 0.05) is 22.2 Å². The number of fused-ring (bicyclic) bond motifs is 5. The number of anilines is 3. The summed E-state index contributed by atoms with van der Waals surface area (Å²) in [4.78, 5) is 2.45. The molecule has 0 radical (unpaired) electrons. The minimum absolute atomic E-state index is 0.860. The van der Waals surface area contributed by atoms with Crippen LogP contribution in [0.2, 0.25) is 0 Å². The van der Waals surface area contributed by atoms with Gasteiger partial charge in [-0.1, -0.05) is 188 Å². The number of benzene rings is 10. The van der Waals surface area contributed by atoms with Gasteiger partial charge in [-0.05, 0) is 91.3 Å². The molecular formula is C56H37NO. The van der Waals surface area contributed by atoms with Gasteiger partial charge in [-0.25, -0.2) is 0 Å². The average Bonchev–Trinajstić information content (AvgIpc) is 3.70. The normalized spacial score (nSPS) is 11.4. The van der Waals surface area contributed by atoms with E-state index >= 15 is 0 Å².